The number of nitrogens with one attached hydrogen (secondary N) is 1. The van der Waals surface area contributed by atoms with Gasteiger partial charge in [0.25, 0.3) is 0 Å². The fraction of sp³-hybridized carbons (Fsp3) is 0.529. The lowest BCUT2D eigenvalue weighted by Crippen LogP contribution is -2.41. The second-order valence-corrected chi connectivity index (χ2v) is 6.51. The third-order valence-electron chi connectivity index (χ3n) is 4.63. The fourth-order valence-electron chi connectivity index (χ4n) is 3.25. The van der Waals surface area contributed by atoms with E-state index in [0.717, 1.165) is 38.0 Å². The van der Waals surface area contributed by atoms with Gasteiger partial charge in [0.2, 0.25) is 11.8 Å². The minimum atomic E-state index is -0.161. The van der Waals surface area contributed by atoms with Crippen LogP contribution in [0.2, 0.25) is 0 Å². The van der Waals surface area contributed by atoms with E-state index in [9.17, 15) is 10.1 Å². The second-order valence-electron chi connectivity index (χ2n) is 6.51. The number of nitrogens with zero attached hydrogens (tertiary/aromatic N) is 5. The highest BCUT2D eigenvalue weighted by Crippen LogP contribution is 2.25. The molecule has 1 atom stereocenters. The summed E-state index contributed by atoms with van der Waals surface area (Å²) in [5.41, 5.74) is 1.16. The monoisotopic (exact) mass is 342 g/mol. The van der Waals surface area contributed by atoms with Gasteiger partial charge in [-0.25, -0.2) is 4.98 Å². The van der Waals surface area contributed by atoms with Crippen LogP contribution in [0, 0.1) is 31.1 Å². The molecule has 0 bridgehead atoms. The van der Waals surface area contributed by atoms with Crippen molar-refractivity contribution >= 4 is 11.8 Å². The van der Waals surface area contributed by atoms with Crippen LogP contribution >= 0.6 is 0 Å². The zero-order chi connectivity index (χ0) is 17.8. The molecule has 8 heteroatoms. The Bertz CT molecular complexity index is 774. The normalized spacial score (nSPS) is 18.0. The molecule has 132 valence electrons. The Hall–Kier alpha value is -2.66. The molecule has 0 aliphatic carbocycles. The maximum Gasteiger partial charge on any atom is 0.240 e. The molecule has 2 aromatic heterocycles. The quantitative estimate of drug-likeness (QED) is 0.888. The van der Waals surface area contributed by atoms with E-state index in [1.807, 2.05) is 11.6 Å². The molecule has 8 nitrogen and oxygen atoms in total. The third-order valence-corrected chi connectivity index (χ3v) is 4.63. The number of likely N-dealkylation sites (tertiary alicyclic amines) is 1. The number of aryl methyl sites for hydroxylation is 1. The van der Waals surface area contributed by atoms with E-state index in [0.29, 0.717) is 17.2 Å². The van der Waals surface area contributed by atoms with Gasteiger partial charge in [-0.1, -0.05) is 0 Å². The summed E-state index contributed by atoms with van der Waals surface area (Å²) in [5.74, 6) is 1.19. The van der Waals surface area contributed by atoms with Crippen molar-refractivity contribution in [3.05, 3.63) is 29.5 Å². The Morgan fingerprint density at radius 2 is 2.36 bits per heavy atom. The highest BCUT2D eigenvalue weighted by atomic mass is 16.4. The number of aromatic nitrogens is 3. The van der Waals surface area contributed by atoms with Gasteiger partial charge >= 0.3 is 0 Å². The number of furan rings is 1. The molecule has 2 aromatic rings. The van der Waals surface area contributed by atoms with Crippen LogP contribution in [0.3, 0.4) is 0 Å². The summed E-state index contributed by atoms with van der Waals surface area (Å²) < 4.78 is 7.33. The molecule has 0 aromatic carbocycles. The molecular formula is C17H22N6O2. The topological polar surface area (TPSA) is 100.0 Å². The van der Waals surface area contributed by atoms with Crippen LogP contribution < -0.4 is 5.32 Å². The lowest BCUT2D eigenvalue weighted by Gasteiger charge is -2.31. The van der Waals surface area contributed by atoms with Gasteiger partial charge in [-0.15, -0.1) is 0 Å². The smallest absolute Gasteiger partial charge is 0.240 e. The first-order valence-corrected chi connectivity index (χ1v) is 8.41. The number of amides is 1. The minimum Gasteiger partial charge on any atom is -0.444 e. The van der Waals surface area contributed by atoms with Crippen LogP contribution in [-0.2, 0) is 11.3 Å². The molecule has 1 N–H and O–H groups in total. The molecule has 3 rings (SSSR count). The summed E-state index contributed by atoms with van der Waals surface area (Å²) >= 11 is 0. The molecule has 1 amide bonds. The highest BCUT2D eigenvalue weighted by Gasteiger charge is 2.23. The maximum absolute atomic E-state index is 12.3. The van der Waals surface area contributed by atoms with Crippen molar-refractivity contribution < 1.29 is 9.21 Å². The lowest BCUT2D eigenvalue weighted by molar-refractivity contribution is -0.117. The van der Waals surface area contributed by atoms with Crippen LogP contribution in [0.4, 0.5) is 5.88 Å². The standard InChI is InChI=1S/C17H22N6O2/c1-12-13(2)25-17(15(12)6-18)21-16(24)9-22-5-3-4-14(7-22)8-23-11-19-10-20-23/h10-11,14H,3-5,7-9H2,1-2H3,(H,21,24). The van der Waals surface area contributed by atoms with E-state index in [2.05, 4.69) is 26.4 Å². The average molecular weight is 342 g/mol. The van der Waals surface area contributed by atoms with E-state index in [1.54, 1.807) is 13.3 Å². The third kappa shape index (κ3) is 4.06. The van der Waals surface area contributed by atoms with Crippen molar-refractivity contribution in [2.24, 2.45) is 5.92 Å². The SMILES string of the molecule is Cc1oc(NC(=O)CN2CCCC(Cn3cncn3)C2)c(C#N)c1C. The van der Waals surface area contributed by atoms with E-state index in [-0.39, 0.29) is 18.3 Å². The molecule has 1 unspecified atom stereocenters. The van der Waals surface area contributed by atoms with Crippen molar-refractivity contribution in [3.8, 4) is 6.07 Å². The van der Waals surface area contributed by atoms with Gasteiger partial charge in [0.15, 0.2) is 0 Å². The molecule has 1 aliphatic heterocycles. The zero-order valence-corrected chi connectivity index (χ0v) is 14.5. The van der Waals surface area contributed by atoms with Gasteiger partial charge in [0, 0.05) is 18.7 Å². The number of anilines is 1. The van der Waals surface area contributed by atoms with Crippen molar-refractivity contribution in [2.75, 3.05) is 25.0 Å². The molecule has 25 heavy (non-hydrogen) atoms. The van der Waals surface area contributed by atoms with Crippen molar-refractivity contribution in [3.63, 3.8) is 0 Å². The van der Waals surface area contributed by atoms with Crippen molar-refractivity contribution in [2.45, 2.75) is 33.2 Å². The second kappa shape index (κ2) is 7.49. The van der Waals surface area contributed by atoms with Gasteiger partial charge in [-0.2, -0.15) is 10.4 Å². The van der Waals surface area contributed by atoms with E-state index in [1.165, 1.54) is 6.33 Å². The van der Waals surface area contributed by atoms with Crippen LogP contribution in [0.15, 0.2) is 17.1 Å². The van der Waals surface area contributed by atoms with Crippen molar-refractivity contribution in [1.29, 1.82) is 5.26 Å². The minimum absolute atomic E-state index is 0.161. The Morgan fingerprint density at radius 1 is 1.52 bits per heavy atom. The van der Waals surface area contributed by atoms with Crippen LogP contribution in [0.25, 0.3) is 0 Å². The molecular weight excluding hydrogens is 320 g/mol. The van der Waals surface area contributed by atoms with Gasteiger partial charge in [0.05, 0.1) is 6.54 Å². The number of hydrogen-bond donors (Lipinski definition) is 1. The first-order chi connectivity index (χ1) is 12.1. The Balaban J connectivity index is 1.56. The number of piperidine rings is 1. The summed E-state index contributed by atoms with van der Waals surface area (Å²) in [6.07, 6.45) is 5.42. The number of hydrogen-bond acceptors (Lipinski definition) is 6. The molecule has 3 heterocycles. The summed E-state index contributed by atoms with van der Waals surface area (Å²) in [6.45, 7) is 6.43. The van der Waals surface area contributed by atoms with E-state index < -0.39 is 0 Å². The maximum atomic E-state index is 12.3. The first-order valence-electron chi connectivity index (χ1n) is 8.41. The number of nitriles is 1. The Morgan fingerprint density at radius 3 is 3.08 bits per heavy atom. The van der Waals surface area contributed by atoms with Crippen LogP contribution in [-0.4, -0.2) is 45.2 Å². The molecule has 1 fully saturated rings. The highest BCUT2D eigenvalue weighted by molar-refractivity contribution is 5.92. The Labute approximate surface area is 146 Å². The molecule has 0 radical (unpaired) electrons. The molecule has 1 aliphatic rings. The van der Waals surface area contributed by atoms with Gasteiger partial charge < -0.3 is 4.42 Å². The predicted molar refractivity (Wildman–Crippen MR) is 90.7 cm³/mol. The molecule has 1 saturated heterocycles. The number of rotatable bonds is 5. The lowest BCUT2D eigenvalue weighted by atomic mass is 9.98. The summed E-state index contributed by atoms with van der Waals surface area (Å²) in [4.78, 5) is 18.4. The van der Waals surface area contributed by atoms with Crippen molar-refractivity contribution in [1.82, 2.24) is 19.7 Å². The predicted octanol–water partition coefficient (Wildman–Crippen LogP) is 1.71. The van der Waals surface area contributed by atoms with Gasteiger partial charge in [-0.05, 0) is 39.2 Å². The molecule has 0 saturated carbocycles. The summed E-state index contributed by atoms with van der Waals surface area (Å²) in [6, 6.07) is 2.09. The van der Waals surface area contributed by atoms with Crippen LogP contribution in [0.5, 0.6) is 0 Å². The first kappa shape index (κ1) is 17.2. The van der Waals surface area contributed by atoms with E-state index >= 15 is 0 Å². The Kier molecular flexibility index (Phi) is 5.14. The summed E-state index contributed by atoms with van der Waals surface area (Å²) in [7, 11) is 0. The number of carbonyl (C=O) groups is 1. The van der Waals surface area contributed by atoms with Gasteiger partial charge in [-0.3, -0.25) is 19.7 Å². The van der Waals surface area contributed by atoms with Gasteiger partial charge in [0.1, 0.15) is 30.0 Å². The summed E-state index contributed by atoms with van der Waals surface area (Å²) in [5, 5.41) is 16.1. The number of carbonyl (C=O) groups excluding carboxylic acids is 1. The largest absolute Gasteiger partial charge is 0.444 e. The fourth-order valence-corrected chi connectivity index (χ4v) is 3.25. The van der Waals surface area contributed by atoms with Crippen LogP contribution in [0.1, 0.15) is 29.7 Å². The average Bonchev–Trinajstić information content (AvgIpc) is 3.16. The zero-order valence-electron chi connectivity index (χ0n) is 14.5. The molecule has 0 spiro atoms. The van der Waals surface area contributed by atoms with E-state index in [4.69, 9.17) is 4.42 Å².